The zero-order valence-corrected chi connectivity index (χ0v) is 15.0. The maximum Gasteiger partial charge on any atom is 0.262 e. The smallest absolute Gasteiger partial charge is 0.262 e. The van der Waals surface area contributed by atoms with Crippen LogP contribution in [0.3, 0.4) is 0 Å². The van der Waals surface area contributed by atoms with Crippen LogP contribution in [0.15, 0.2) is 35.2 Å². The van der Waals surface area contributed by atoms with Crippen LogP contribution in [-0.2, 0) is 14.8 Å². The van der Waals surface area contributed by atoms with Crippen LogP contribution in [0, 0.1) is 19.7 Å². The molecule has 1 amide bonds. The lowest BCUT2D eigenvalue weighted by Gasteiger charge is -2.13. The SMILES string of the molecule is Cc1cc(S(N)(=O)=O)cc(NC(=O)COc2ccc(F)cc2Cl)c1C. The molecule has 0 aliphatic carbocycles. The van der Waals surface area contributed by atoms with Gasteiger partial charge in [0.25, 0.3) is 5.91 Å². The first-order valence-electron chi connectivity index (χ1n) is 7.09. The second-order valence-electron chi connectivity index (χ2n) is 5.37. The number of benzene rings is 2. The van der Waals surface area contributed by atoms with Crippen molar-refractivity contribution in [3.05, 3.63) is 52.3 Å². The predicted octanol–water partition coefficient (Wildman–Crippen LogP) is 2.76. The number of anilines is 1. The van der Waals surface area contributed by atoms with Crippen molar-refractivity contribution in [3.63, 3.8) is 0 Å². The summed E-state index contributed by atoms with van der Waals surface area (Å²) in [6.45, 7) is 3.05. The molecule has 0 saturated carbocycles. The van der Waals surface area contributed by atoms with Gasteiger partial charge in [0.1, 0.15) is 11.6 Å². The van der Waals surface area contributed by atoms with Gasteiger partial charge in [-0.15, -0.1) is 0 Å². The zero-order chi connectivity index (χ0) is 18.8. The van der Waals surface area contributed by atoms with Crippen LogP contribution in [0.4, 0.5) is 10.1 Å². The number of carbonyl (C=O) groups is 1. The van der Waals surface area contributed by atoms with Gasteiger partial charge in [0.15, 0.2) is 6.61 Å². The molecule has 0 atom stereocenters. The Hall–Kier alpha value is -2.16. The van der Waals surface area contributed by atoms with Crippen molar-refractivity contribution in [1.82, 2.24) is 0 Å². The summed E-state index contributed by atoms with van der Waals surface area (Å²) in [7, 11) is -3.90. The summed E-state index contributed by atoms with van der Waals surface area (Å²) >= 11 is 5.81. The number of sulfonamides is 1. The third-order valence-corrected chi connectivity index (χ3v) is 4.68. The Morgan fingerprint density at radius 2 is 1.96 bits per heavy atom. The fourth-order valence-electron chi connectivity index (χ4n) is 2.04. The Morgan fingerprint density at radius 3 is 2.56 bits per heavy atom. The van der Waals surface area contributed by atoms with Gasteiger partial charge < -0.3 is 10.1 Å². The molecule has 0 bridgehead atoms. The van der Waals surface area contributed by atoms with Crippen LogP contribution in [0.5, 0.6) is 5.75 Å². The van der Waals surface area contributed by atoms with E-state index in [-0.39, 0.29) is 22.3 Å². The number of halogens is 2. The third-order valence-electron chi connectivity index (χ3n) is 3.50. The number of amides is 1. The molecule has 0 aliphatic rings. The molecule has 0 unspecified atom stereocenters. The van der Waals surface area contributed by atoms with E-state index in [1.54, 1.807) is 13.8 Å². The van der Waals surface area contributed by atoms with Gasteiger partial charge >= 0.3 is 0 Å². The number of ether oxygens (including phenoxy) is 1. The van der Waals surface area contributed by atoms with Crippen molar-refractivity contribution in [3.8, 4) is 5.75 Å². The number of carbonyl (C=O) groups excluding carboxylic acids is 1. The van der Waals surface area contributed by atoms with E-state index >= 15 is 0 Å². The molecule has 0 radical (unpaired) electrons. The second-order valence-corrected chi connectivity index (χ2v) is 7.34. The van der Waals surface area contributed by atoms with Crippen molar-refractivity contribution >= 4 is 33.2 Å². The average molecular weight is 387 g/mol. The maximum atomic E-state index is 13.0. The standard InChI is InChI=1S/C16H16ClFN2O4S/c1-9-5-12(25(19,22)23)7-14(10(9)2)20-16(21)8-24-15-4-3-11(18)6-13(15)17/h3-7H,8H2,1-2H3,(H,20,21)(H2,19,22,23). The number of primary sulfonamides is 1. The lowest BCUT2D eigenvalue weighted by atomic mass is 10.1. The summed E-state index contributed by atoms with van der Waals surface area (Å²) in [4.78, 5) is 12.0. The molecule has 9 heteroatoms. The molecule has 25 heavy (non-hydrogen) atoms. The van der Waals surface area contributed by atoms with Crippen LogP contribution in [0.2, 0.25) is 5.02 Å². The highest BCUT2D eigenvalue weighted by atomic mass is 35.5. The van der Waals surface area contributed by atoms with E-state index < -0.39 is 21.7 Å². The van der Waals surface area contributed by atoms with Crippen LogP contribution < -0.4 is 15.2 Å². The third kappa shape index (κ3) is 4.91. The topological polar surface area (TPSA) is 98.5 Å². The van der Waals surface area contributed by atoms with E-state index in [1.165, 1.54) is 18.2 Å². The van der Waals surface area contributed by atoms with Gasteiger partial charge in [-0.1, -0.05) is 11.6 Å². The van der Waals surface area contributed by atoms with Gasteiger partial charge in [-0.3, -0.25) is 4.79 Å². The molecule has 0 heterocycles. The highest BCUT2D eigenvalue weighted by Gasteiger charge is 2.15. The van der Waals surface area contributed by atoms with E-state index in [9.17, 15) is 17.6 Å². The number of hydrogen-bond acceptors (Lipinski definition) is 4. The molecule has 0 fully saturated rings. The molecule has 0 spiro atoms. The summed E-state index contributed by atoms with van der Waals surface area (Å²) < 4.78 is 41.2. The van der Waals surface area contributed by atoms with Crippen molar-refractivity contribution in [2.45, 2.75) is 18.7 Å². The quantitative estimate of drug-likeness (QED) is 0.825. The van der Waals surface area contributed by atoms with Crippen molar-refractivity contribution < 1.29 is 22.3 Å². The van der Waals surface area contributed by atoms with Gasteiger partial charge in [-0.25, -0.2) is 17.9 Å². The number of hydrogen-bond donors (Lipinski definition) is 2. The fraction of sp³-hybridized carbons (Fsp3) is 0.188. The highest BCUT2D eigenvalue weighted by Crippen LogP contribution is 2.26. The Morgan fingerprint density at radius 1 is 1.28 bits per heavy atom. The number of nitrogens with two attached hydrogens (primary N) is 1. The molecule has 0 saturated heterocycles. The van der Waals surface area contributed by atoms with Crippen LogP contribution >= 0.6 is 11.6 Å². The first-order valence-corrected chi connectivity index (χ1v) is 9.02. The molecular weight excluding hydrogens is 371 g/mol. The maximum absolute atomic E-state index is 13.0. The zero-order valence-electron chi connectivity index (χ0n) is 13.5. The normalized spacial score (nSPS) is 11.2. The summed E-state index contributed by atoms with van der Waals surface area (Å²) in [5, 5.41) is 7.73. The van der Waals surface area contributed by atoms with Crippen molar-refractivity contribution in [1.29, 1.82) is 0 Å². The summed E-state index contributed by atoms with van der Waals surface area (Å²) in [5.74, 6) is -0.897. The molecule has 0 aromatic heterocycles. The Labute approximate surface area is 149 Å². The van der Waals surface area contributed by atoms with Crippen LogP contribution in [0.1, 0.15) is 11.1 Å². The fourth-order valence-corrected chi connectivity index (χ4v) is 2.89. The van der Waals surface area contributed by atoms with E-state index in [2.05, 4.69) is 5.32 Å². The largest absolute Gasteiger partial charge is 0.482 e. The minimum absolute atomic E-state index is 0.0380. The minimum Gasteiger partial charge on any atom is -0.482 e. The lowest BCUT2D eigenvalue weighted by Crippen LogP contribution is -2.21. The molecule has 134 valence electrons. The second kappa shape index (κ2) is 7.38. The average Bonchev–Trinajstić information content (AvgIpc) is 2.49. The lowest BCUT2D eigenvalue weighted by molar-refractivity contribution is -0.118. The number of aryl methyl sites for hydroxylation is 1. The molecule has 0 aliphatic heterocycles. The Balaban J connectivity index is 2.14. The van der Waals surface area contributed by atoms with Gasteiger partial charge in [0.2, 0.25) is 10.0 Å². The van der Waals surface area contributed by atoms with E-state index in [0.29, 0.717) is 16.8 Å². The van der Waals surface area contributed by atoms with Gasteiger partial charge in [-0.05, 0) is 55.3 Å². The summed E-state index contributed by atoms with van der Waals surface area (Å²) in [5.41, 5.74) is 1.66. The van der Waals surface area contributed by atoms with Crippen LogP contribution in [0.25, 0.3) is 0 Å². The van der Waals surface area contributed by atoms with E-state index in [1.807, 2.05) is 0 Å². The molecule has 2 rings (SSSR count). The minimum atomic E-state index is -3.90. The molecular formula is C16H16ClFN2O4S. The van der Waals surface area contributed by atoms with Gasteiger partial charge in [0.05, 0.1) is 9.92 Å². The van der Waals surface area contributed by atoms with Crippen molar-refractivity contribution in [2.24, 2.45) is 5.14 Å². The Bertz CT molecular complexity index is 932. The molecule has 2 aromatic carbocycles. The molecule has 2 aromatic rings. The highest BCUT2D eigenvalue weighted by molar-refractivity contribution is 7.89. The molecule has 3 N–H and O–H groups in total. The van der Waals surface area contributed by atoms with Gasteiger partial charge in [0, 0.05) is 5.69 Å². The van der Waals surface area contributed by atoms with Crippen LogP contribution in [-0.4, -0.2) is 20.9 Å². The van der Waals surface area contributed by atoms with Gasteiger partial charge in [-0.2, -0.15) is 0 Å². The summed E-state index contributed by atoms with van der Waals surface area (Å²) in [6.07, 6.45) is 0. The predicted molar refractivity (Wildman–Crippen MR) is 92.8 cm³/mol. The number of rotatable bonds is 5. The first kappa shape index (κ1) is 19.2. The first-order chi connectivity index (χ1) is 11.6. The Kier molecular flexibility index (Phi) is 5.66. The molecule has 6 nitrogen and oxygen atoms in total. The monoisotopic (exact) mass is 386 g/mol. The summed E-state index contributed by atoms with van der Waals surface area (Å²) in [6, 6.07) is 6.23. The van der Waals surface area contributed by atoms with Crippen molar-refractivity contribution in [2.75, 3.05) is 11.9 Å². The van der Waals surface area contributed by atoms with E-state index in [0.717, 1.165) is 12.1 Å². The number of nitrogens with one attached hydrogen (secondary N) is 1. The van der Waals surface area contributed by atoms with E-state index in [4.69, 9.17) is 21.5 Å².